The fourth-order valence-electron chi connectivity index (χ4n) is 3.74. The minimum Gasteiger partial charge on any atom is -0.376 e. The van der Waals surface area contributed by atoms with E-state index in [-0.39, 0.29) is 0 Å². The maximum absolute atomic E-state index is 6.33. The maximum Gasteiger partial charge on any atom is 0.0745 e. The molecule has 1 saturated heterocycles. The molecule has 0 bridgehead atoms. The second kappa shape index (κ2) is 7.63. The summed E-state index contributed by atoms with van der Waals surface area (Å²) >= 11 is 0. The first kappa shape index (κ1) is 16.7. The molecule has 0 amide bonds. The molecule has 0 spiro atoms. The van der Waals surface area contributed by atoms with E-state index in [0.717, 1.165) is 49.8 Å². The molecule has 0 N–H and O–H groups in total. The Hall–Kier alpha value is -1.78. The quantitative estimate of drug-likeness (QED) is 0.776. The molecule has 2 aromatic heterocycles. The van der Waals surface area contributed by atoms with E-state index in [4.69, 9.17) is 9.72 Å². The number of nitrogens with zero attached hydrogens (tertiary/aromatic N) is 3. The van der Waals surface area contributed by atoms with E-state index in [1.165, 1.54) is 18.4 Å². The van der Waals surface area contributed by atoms with Crippen LogP contribution in [0.15, 0.2) is 42.7 Å². The van der Waals surface area contributed by atoms with Crippen LogP contribution >= 0.6 is 0 Å². The van der Waals surface area contributed by atoms with E-state index >= 15 is 0 Å². The summed E-state index contributed by atoms with van der Waals surface area (Å²) in [6.45, 7) is 4.99. The number of pyridine rings is 2. The van der Waals surface area contributed by atoms with Crippen molar-refractivity contribution in [2.45, 2.75) is 51.3 Å². The Bertz CT molecular complexity index is 687. The molecule has 0 aromatic carbocycles. The summed E-state index contributed by atoms with van der Waals surface area (Å²) in [7, 11) is 0. The Balaban J connectivity index is 1.47. The molecule has 132 valence electrons. The van der Waals surface area contributed by atoms with E-state index < -0.39 is 0 Å². The predicted octanol–water partition coefficient (Wildman–Crippen LogP) is 3.40. The summed E-state index contributed by atoms with van der Waals surface area (Å²) in [5, 5.41) is 0. The maximum atomic E-state index is 6.33. The fourth-order valence-corrected chi connectivity index (χ4v) is 3.74. The lowest BCUT2D eigenvalue weighted by atomic mass is 10.0. The van der Waals surface area contributed by atoms with Gasteiger partial charge >= 0.3 is 0 Å². The monoisotopic (exact) mass is 337 g/mol. The fraction of sp³-hybridized carbons (Fsp3) is 0.524. The van der Waals surface area contributed by atoms with Crippen molar-refractivity contribution in [3.63, 3.8) is 0 Å². The lowest BCUT2D eigenvalue weighted by molar-refractivity contribution is 0.0195. The molecule has 2 atom stereocenters. The topological polar surface area (TPSA) is 38.2 Å². The van der Waals surface area contributed by atoms with Crippen molar-refractivity contribution in [1.29, 1.82) is 0 Å². The molecule has 4 heteroatoms. The third kappa shape index (κ3) is 4.44. The highest BCUT2D eigenvalue weighted by molar-refractivity contribution is 5.14. The molecule has 4 rings (SSSR count). The minimum absolute atomic E-state index is 0.332. The SMILES string of the molecule is Cc1cccc(CN2CC[C@@H](OCC3CC3)[C@H]2Cc2ccncc2)n1. The van der Waals surface area contributed by atoms with Gasteiger partial charge in [-0.1, -0.05) is 6.07 Å². The van der Waals surface area contributed by atoms with Crippen molar-refractivity contribution in [3.8, 4) is 0 Å². The van der Waals surface area contributed by atoms with E-state index in [1.807, 2.05) is 12.4 Å². The second-order valence-corrected chi connectivity index (χ2v) is 7.47. The van der Waals surface area contributed by atoms with Crippen molar-refractivity contribution in [2.24, 2.45) is 5.92 Å². The number of aryl methyl sites for hydroxylation is 1. The molecule has 2 aliphatic rings. The Morgan fingerprint density at radius 2 is 1.96 bits per heavy atom. The van der Waals surface area contributed by atoms with Gasteiger partial charge in [0, 0.05) is 43.8 Å². The van der Waals surface area contributed by atoms with Crippen molar-refractivity contribution < 1.29 is 4.74 Å². The minimum atomic E-state index is 0.332. The normalized spacial score (nSPS) is 23.9. The van der Waals surface area contributed by atoms with E-state index in [0.29, 0.717) is 12.1 Å². The first-order valence-electron chi connectivity index (χ1n) is 9.45. The van der Waals surface area contributed by atoms with Crippen LogP contribution in [0.1, 0.15) is 36.2 Å². The van der Waals surface area contributed by atoms with Gasteiger partial charge < -0.3 is 4.74 Å². The van der Waals surface area contributed by atoms with Crippen molar-refractivity contribution in [1.82, 2.24) is 14.9 Å². The van der Waals surface area contributed by atoms with Gasteiger partial charge in [0.1, 0.15) is 0 Å². The average molecular weight is 337 g/mol. The summed E-state index contributed by atoms with van der Waals surface area (Å²) in [4.78, 5) is 11.4. The van der Waals surface area contributed by atoms with Gasteiger partial charge in [0.15, 0.2) is 0 Å². The van der Waals surface area contributed by atoms with Crippen LogP contribution in [-0.4, -0.2) is 40.2 Å². The molecular formula is C21H27N3O. The van der Waals surface area contributed by atoms with Gasteiger partial charge in [0.2, 0.25) is 0 Å². The largest absolute Gasteiger partial charge is 0.376 e. The lowest BCUT2D eigenvalue weighted by Crippen LogP contribution is -2.38. The van der Waals surface area contributed by atoms with Crippen LogP contribution in [0.25, 0.3) is 0 Å². The molecule has 1 aliphatic carbocycles. The zero-order valence-electron chi connectivity index (χ0n) is 15.0. The van der Waals surface area contributed by atoms with Crippen molar-refractivity contribution >= 4 is 0 Å². The molecule has 2 aromatic rings. The molecule has 4 nitrogen and oxygen atoms in total. The zero-order chi connectivity index (χ0) is 17.1. The summed E-state index contributed by atoms with van der Waals surface area (Å²) in [6, 6.07) is 11.0. The van der Waals surface area contributed by atoms with Crippen LogP contribution in [0.2, 0.25) is 0 Å². The molecule has 1 saturated carbocycles. The molecular weight excluding hydrogens is 310 g/mol. The Labute approximate surface area is 150 Å². The average Bonchev–Trinajstić information content (AvgIpc) is 3.38. The Morgan fingerprint density at radius 1 is 1.12 bits per heavy atom. The predicted molar refractivity (Wildman–Crippen MR) is 98.2 cm³/mol. The van der Waals surface area contributed by atoms with E-state index in [2.05, 4.69) is 47.1 Å². The van der Waals surface area contributed by atoms with Gasteiger partial charge in [0.25, 0.3) is 0 Å². The number of hydrogen-bond donors (Lipinski definition) is 0. The first-order valence-corrected chi connectivity index (χ1v) is 9.45. The number of rotatable bonds is 7. The molecule has 2 fully saturated rings. The molecule has 25 heavy (non-hydrogen) atoms. The number of hydrogen-bond acceptors (Lipinski definition) is 4. The van der Waals surface area contributed by atoms with E-state index in [1.54, 1.807) is 0 Å². The van der Waals surface area contributed by atoms with Crippen molar-refractivity contribution in [3.05, 3.63) is 59.7 Å². The zero-order valence-corrected chi connectivity index (χ0v) is 15.0. The Kier molecular flexibility index (Phi) is 5.09. The highest BCUT2D eigenvalue weighted by atomic mass is 16.5. The second-order valence-electron chi connectivity index (χ2n) is 7.47. The molecule has 0 unspecified atom stereocenters. The third-order valence-electron chi connectivity index (χ3n) is 5.35. The van der Waals surface area contributed by atoms with Gasteiger partial charge in [-0.05, 0) is 68.4 Å². The van der Waals surface area contributed by atoms with Crippen LogP contribution in [0.5, 0.6) is 0 Å². The highest BCUT2D eigenvalue weighted by Gasteiger charge is 2.36. The number of ether oxygens (including phenoxy) is 1. The van der Waals surface area contributed by atoms with Crippen LogP contribution in [-0.2, 0) is 17.7 Å². The van der Waals surface area contributed by atoms with Gasteiger partial charge in [-0.25, -0.2) is 0 Å². The molecule has 3 heterocycles. The molecule has 0 radical (unpaired) electrons. The van der Waals surface area contributed by atoms with Gasteiger partial charge in [-0.15, -0.1) is 0 Å². The van der Waals surface area contributed by atoms with Crippen LogP contribution in [0.4, 0.5) is 0 Å². The summed E-state index contributed by atoms with van der Waals surface area (Å²) in [6.07, 6.45) is 8.93. The Morgan fingerprint density at radius 3 is 2.72 bits per heavy atom. The lowest BCUT2D eigenvalue weighted by Gasteiger charge is -2.28. The number of aromatic nitrogens is 2. The van der Waals surface area contributed by atoms with Crippen molar-refractivity contribution in [2.75, 3.05) is 13.2 Å². The summed E-state index contributed by atoms with van der Waals surface area (Å²) in [5.74, 6) is 0.814. The van der Waals surface area contributed by atoms with Gasteiger partial charge in [-0.3, -0.25) is 14.9 Å². The third-order valence-corrected chi connectivity index (χ3v) is 5.35. The van der Waals surface area contributed by atoms with Crippen LogP contribution in [0.3, 0.4) is 0 Å². The summed E-state index contributed by atoms with van der Waals surface area (Å²) < 4.78 is 6.33. The molecule has 1 aliphatic heterocycles. The van der Waals surface area contributed by atoms with Gasteiger partial charge in [0.05, 0.1) is 11.8 Å². The standard InChI is InChI=1S/C21H27N3O/c1-16-3-2-4-19(23-16)14-24-12-9-21(25-15-18-5-6-18)20(24)13-17-7-10-22-11-8-17/h2-4,7-8,10-11,18,20-21H,5-6,9,12-15H2,1H3/t20-,21-/m1/s1. The van der Waals surface area contributed by atoms with E-state index in [9.17, 15) is 0 Å². The first-order chi connectivity index (χ1) is 12.3. The highest BCUT2D eigenvalue weighted by Crippen LogP contribution is 2.32. The van der Waals surface area contributed by atoms with Gasteiger partial charge in [-0.2, -0.15) is 0 Å². The summed E-state index contributed by atoms with van der Waals surface area (Å²) in [5.41, 5.74) is 3.58. The van der Waals surface area contributed by atoms with Crippen LogP contribution in [0, 0.1) is 12.8 Å². The smallest absolute Gasteiger partial charge is 0.0745 e. The number of likely N-dealkylation sites (tertiary alicyclic amines) is 1. The van der Waals surface area contributed by atoms with Crippen LogP contribution < -0.4 is 0 Å².